The van der Waals surface area contributed by atoms with Crippen LogP contribution in [0.4, 0.5) is 15.8 Å². The van der Waals surface area contributed by atoms with Crippen LogP contribution in [-0.2, 0) is 16.6 Å². The van der Waals surface area contributed by atoms with Crippen LogP contribution in [-0.4, -0.2) is 19.4 Å². The zero-order valence-electron chi connectivity index (χ0n) is 17.6. The molecule has 3 aromatic carbocycles. The smallest absolute Gasteiger partial charge is 0.268 e. The molecule has 0 atom stereocenters. The first-order chi connectivity index (χ1) is 15.3. The van der Waals surface area contributed by atoms with Gasteiger partial charge in [-0.3, -0.25) is 0 Å². The minimum Gasteiger partial charge on any atom is -0.353 e. The van der Waals surface area contributed by atoms with Crippen LogP contribution in [0.25, 0.3) is 10.9 Å². The lowest BCUT2D eigenvalue weighted by Gasteiger charge is -2.11. The Morgan fingerprint density at radius 2 is 1.91 bits per heavy atom. The van der Waals surface area contributed by atoms with Gasteiger partial charge in [-0.15, -0.1) is 0 Å². The van der Waals surface area contributed by atoms with Crippen molar-refractivity contribution in [3.05, 3.63) is 89.4 Å². The van der Waals surface area contributed by atoms with Crippen LogP contribution in [0, 0.1) is 24.1 Å². The van der Waals surface area contributed by atoms with Crippen molar-refractivity contribution in [1.82, 2.24) is 9.29 Å². The standard InChI is InChI=1S/C24H21FN4O2S/c1-16-6-9-23(22(25)10-16)28-19-7-8-21-18(14-27-2)15-29(24(21)12-19)32(30,31)20-5-3-4-17(11-20)13-26/h3-12,15,27-28H,14H2,1-2H3. The zero-order valence-corrected chi connectivity index (χ0v) is 18.4. The maximum absolute atomic E-state index is 14.3. The molecule has 162 valence electrons. The minimum absolute atomic E-state index is 0.0207. The largest absolute Gasteiger partial charge is 0.353 e. The molecule has 0 aliphatic rings. The Hall–Kier alpha value is -3.67. The summed E-state index contributed by atoms with van der Waals surface area (Å²) in [5.41, 5.74) is 3.17. The highest BCUT2D eigenvalue weighted by molar-refractivity contribution is 7.90. The van der Waals surface area contributed by atoms with Crippen molar-refractivity contribution in [3.63, 3.8) is 0 Å². The van der Waals surface area contributed by atoms with E-state index in [0.29, 0.717) is 23.4 Å². The lowest BCUT2D eigenvalue weighted by atomic mass is 10.1. The summed E-state index contributed by atoms with van der Waals surface area (Å²) < 4.78 is 42.4. The van der Waals surface area contributed by atoms with Gasteiger partial charge in [0.15, 0.2) is 0 Å². The third kappa shape index (κ3) is 3.96. The van der Waals surface area contributed by atoms with Gasteiger partial charge in [0.2, 0.25) is 0 Å². The second kappa shape index (κ2) is 8.46. The van der Waals surface area contributed by atoms with E-state index in [0.717, 1.165) is 16.5 Å². The van der Waals surface area contributed by atoms with E-state index in [9.17, 15) is 12.8 Å². The molecular formula is C24H21FN4O2S. The number of fused-ring (bicyclic) bond motifs is 1. The van der Waals surface area contributed by atoms with Crippen LogP contribution >= 0.6 is 0 Å². The SMILES string of the molecule is CNCc1cn(S(=O)(=O)c2cccc(C#N)c2)c2cc(Nc3ccc(C)cc3F)ccc12. The molecule has 1 aromatic heterocycles. The van der Waals surface area contributed by atoms with E-state index >= 15 is 0 Å². The van der Waals surface area contributed by atoms with Crippen molar-refractivity contribution in [2.75, 3.05) is 12.4 Å². The molecule has 6 nitrogen and oxygen atoms in total. The first-order valence-corrected chi connectivity index (χ1v) is 11.3. The number of aromatic nitrogens is 1. The molecule has 1 heterocycles. The molecule has 2 N–H and O–H groups in total. The number of aryl methyl sites for hydroxylation is 1. The summed E-state index contributed by atoms with van der Waals surface area (Å²) in [7, 11) is -2.18. The highest BCUT2D eigenvalue weighted by Gasteiger charge is 2.22. The van der Waals surface area contributed by atoms with Gasteiger partial charge in [-0.2, -0.15) is 5.26 Å². The highest BCUT2D eigenvalue weighted by atomic mass is 32.2. The van der Waals surface area contributed by atoms with E-state index in [-0.39, 0.29) is 10.5 Å². The number of nitrogens with one attached hydrogen (secondary N) is 2. The lowest BCUT2D eigenvalue weighted by molar-refractivity contribution is 0.589. The van der Waals surface area contributed by atoms with Gasteiger partial charge in [0, 0.05) is 23.8 Å². The fourth-order valence-corrected chi connectivity index (χ4v) is 5.02. The minimum atomic E-state index is -3.96. The summed E-state index contributed by atoms with van der Waals surface area (Å²) in [5, 5.41) is 16.0. The summed E-state index contributed by atoms with van der Waals surface area (Å²) >= 11 is 0. The zero-order chi connectivity index (χ0) is 22.9. The Labute approximate surface area is 186 Å². The Morgan fingerprint density at radius 1 is 1.09 bits per heavy atom. The molecule has 0 unspecified atom stereocenters. The second-order valence-electron chi connectivity index (χ2n) is 7.47. The second-order valence-corrected chi connectivity index (χ2v) is 9.28. The molecule has 4 aromatic rings. The molecular weight excluding hydrogens is 427 g/mol. The molecule has 0 radical (unpaired) electrons. The quantitative estimate of drug-likeness (QED) is 0.448. The van der Waals surface area contributed by atoms with Gasteiger partial charge in [0.1, 0.15) is 5.82 Å². The molecule has 0 saturated carbocycles. The number of benzene rings is 3. The molecule has 0 fully saturated rings. The van der Waals surface area contributed by atoms with E-state index in [1.54, 1.807) is 56.6 Å². The normalized spacial score (nSPS) is 11.4. The average molecular weight is 449 g/mol. The number of halogens is 1. The molecule has 0 aliphatic heterocycles. The first kappa shape index (κ1) is 21.6. The van der Waals surface area contributed by atoms with Gasteiger partial charge < -0.3 is 10.6 Å². The van der Waals surface area contributed by atoms with E-state index in [2.05, 4.69) is 10.6 Å². The van der Waals surface area contributed by atoms with E-state index in [4.69, 9.17) is 5.26 Å². The van der Waals surface area contributed by atoms with Crippen molar-refractivity contribution in [2.24, 2.45) is 0 Å². The Bertz CT molecular complexity index is 1470. The summed E-state index contributed by atoms with van der Waals surface area (Å²) in [4.78, 5) is 0.0207. The van der Waals surface area contributed by atoms with Gasteiger partial charge in [-0.05, 0) is 67.6 Å². The summed E-state index contributed by atoms with van der Waals surface area (Å²) in [6, 6.07) is 18.0. The molecule has 0 amide bonds. The molecule has 4 rings (SSSR count). The maximum atomic E-state index is 14.3. The predicted octanol–water partition coefficient (Wildman–Crippen LogP) is 4.66. The van der Waals surface area contributed by atoms with Crippen molar-refractivity contribution >= 4 is 32.3 Å². The fraction of sp³-hybridized carbons (Fsp3) is 0.125. The molecule has 0 saturated heterocycles. The van der Waals surface area contributed by atoms with Crippen LogP contribution in [0.1, 0.15) is 16.7 Å². The number of nitriles is 1. The van der Waals surface area contributed by atoms with Crippen LogP contribution in [0.5, 0.6) is 0 Å². The molecule has 8 heteroatoms. The number of nitrogens with zero attached hydrogens (tertiary/aromatic N) is 2. The third-order valence-corrected chi connectivity index (χ3v) is 6.81. The molecule has 0 bridgehead atoms. The van der Waals surface area contributed by atoms with E-state index < -0.39 is 15.8 Å². The third-order valence-electron chi connectivity index (χ3n) is 5.14. The van der Waals surface area contributed by atoms with Crippen molar-refractivity contribution in [2.45, 2.75) is 18.4 Å². The Balaban J connectivity index is 1.86. The summed E-state index contributed by atoms with van der Waals surface area (Å²) in [6.45, 7) is 2.28. The Kier molecular flexibility index (Phi) is 5.70. The molecule has 32 heavy (non-hydrogen) atoms. The predicted molar refractivity (Wildman–Crippen MR) is 123 cm³/mol. The number of rotatable bonds is 6. The number of hydrogen-bond acceptors (Lipinski definition) is 5. The first-order valence-electron chi connectivity index (χ1n) is 9.91. The van der Waals surface area contributed by atoms with Crippen LogP contribution < -0.4 is 10.6 Å². The van der Waals surface area contributed by atoms with Gasteiger partial charge in [-0.1, -0.05) is 18.2 Å². The maximum Gasteiger partial charge on any atom is 0.268 e. The summed E-state index contributed by atoms with van der Waals surface area (Å²) in [5.74, 6) is -0.391. The van der Waals surface area contributed by atoms with Crippen molar-refractivity contribution in [1.29, 1.82) is 5.26 Å². The van der Waals surface area contributed by atoms with Gasteiger partial charge in [-0.25, -0.2) is 16.8 Å². The fourth-order valence-electron chi connectivity index (χ4n) is 3.59. The van der Waals surface area contributed by atoms with Crippen LogP contribution in [0.2, 0.25) is 0 Å². The average Bonchev–Trinajstić information content (AvgIpc) is 3.14. The number of anilines is 2. The summed E-state index contributed by atoms with van der Waals surface area (Å²) in [6.07, 6.45) is 1.58. The topological polar surface area (TPSA) is 86.9 Å². The number of hydrogen-bond donors (Lipinski definition) is 2. The van der Waals surface area contributed by atoms with Crippen molar-refractivity contribution in [3.8, 4) is 6.07 Å². The van der Waals surface area contributed by atoms with Gasteiger partial charge in [0.25, 0.3) is 10.0 Å². The monoisotopic (exact) mass is 448 g/mol. The van der Waals surface area contributed by atoms with Crippen LogP contribution in [0.3, 0.4) is 0 Å². The van der Waals surface area contributed by atoms with E-state index in [1.807, 2.05) is 12.1 Å². The van der Waals surface area contributed by atoms with Crippen LogP contribution in [0.15, 0.2) is 71.8 Å². The van der Waals surface area contributed by atoms with Crippen molar-refractivity contribution < 1.29 is 12.8 Å². The van der Waals surface area contributed by atoms with E-state index in [1.165, 1.54) is 22.2 Å². The van der Waals surface area contributed by atoms with Gasteiger partial charge in [0.05, 0.1) is 27.7 Å². The lowest BCUT2D eigenvalue weighted by Crippen LogP contribution is -2.12. The van der Waals surface area contributed by atoms with Gasteiger partial charge >= 0.3 is 0 Å². The Morgan fingerprint density at radius 3 is 2.62 bits per heavy atom. The highest BCUT2D eigenvalue weighted by Crippen LogP contribution is 2.30. The molecule has 0 aliphatic carbocycles. The molecule has 0 spiro atoms.